The van der Waals surface area contributed by atoms with Gasteiger partial charge in [0.05, 0.1) is 31.9 Å². The fourth-order valence-electron chi connectivity index (χ4n) is 5.44. The summed E-state index contributed by atoms with van der Waals surface area (Å²) >= 11 is 0. The maximum Gasteiger partial charge on any atom is 0.474 e. The van der Waals surface area contributed by atoms with Gasteiger partial charge in [-0.3, -0.25) is 27.7 Å². The van der Waals surface area contributed by atoms with Gasteiger partial charge >= 0.3 is 31.4 Å². The Labute approximate surface area is 302 Å². The number of alkyl halides is 2. The van der Waals surface area contributed by atoms with Crippen LogP contribution in [0.5, 0.6) is 0 Å². The van der Waals surface area contributed by atoms with Gasteiger partial charge in [0.25, 0.3) is 0 Å². The van der Waals surface area contributed by atoms with Gasteiger partial charge in [-0.2, -0.15) is 13.8 Å². The van der Waals surface area contributed by atoms with E-state index in [0.29, 0.717) is 23.8 Å². The fourth-order valence-corrected chi connectivity index (χ4v) is 6.69. The standard InChI is InChI=1S/C36H61F2N2O10P/c1-7-10-13-16-17-18-21-30(41)49-32-29(27-47-51(44,45-24-19-14-11-8-2)46-25-20-15-12-9-3)48-33(36(32,37)38)40-23-22-28(39-34(40)43)26-31(42)50-35(4,5)6/h22-23,29,32-33H,7-21,24-27H2,1-6H3/t29-,32-,33-/m1/s1. The summed E-state index contributed by atoms with van der Waals surface area (Å²) in [6, 6.07) is 1.24. The Hall–Kier alpha value is -2.25. The number of nitrogens with zero attached hydrogens (tertiary/aromatic N) is 2. The Balaban J connectivity index is 2.28. The van der Waals surface area contributed by atoms with E-state index in [9.17, 15) is 18.9 Å². The van der Waals surface area contributed by atoms with Crippen LogP contribution >= 0.6 is 7.82 Å². The topological polar surface area (TPSA) is 141 Å². The van der Waals surface area contributed by atoms with Crippen molar-refractivity contribution >= 4 is 19.8 Å². The normalized spacial score (nSPS) is 18.9. The quantitative estimate of drug-likeness (QED) is 0.0510. The summed E-state index contributed by atoms with van der Waals surface area (Å²) in [5.41, 5.74) is -1.87. The molecule has 0 aromatic carbocycles. The number of ether oxygens (including phenoxy) is 3. The molecule has 0 unspecified atom stereocenters. The van der Waals surface area contributed by atoms with Crippen LogP contribution in [0.1, 0.15) is 150 Å². The van der Waals surface area contributed by atoms with E-state index in [-0.39, 0.29) is 31.7 Å². The Morgan fingerprint density at radius 2 is 1.41 bits per heavy atom. The number of unbranched alkanes of at least 4 members (excludes halogenated alkanes) is 11. The number of hydrogen-bond acceptors (Lipinski definition) is 11. The number of rotatable bonds is 26. The van der Waals surface area contributed by atoms with Gasteiger partial charge in [0.1, 0.15) is 11.7 Å². The molecule has 51 heavy (non-hydrogen) atoms. The third kappa shape index (κ3) is 16.5. The van der Waals surface area contributed by atoms with Crippen molar-refractivity contribution in [3.63, 3.8) is 0 Å². The first kappa shape index (κ1) is 44.9. The zero-order valence-electron chi connectivity index (χ0n) is 31.5. The van der Waals surface area contributed by atoms with Crippen LogP contribution in [0, 0.1) is 0 Å². The van der Waals surface area contributed by atoms with Crippen LogP contribution < -0.4 is 5.69 Å². The molecule has 0 aliphatic carbocycles. The average Bonchev–Trinajstić information content (AvgIpc) is 3.29. The van der Waals surface area contributed by atoms with Crippen molar-refractivity contribution in [3.05, 3.63) is 28.4 Å². The molecule has 0 saturated carbocycles. The molecule has 2 heterocycles. The van der Waals surface area contributed by atoms with Crippen LogP contribution in [0.3, 0.4) is 0 Å². The Morgan fingerprint density at radius 1 is 0.863 bits per heavy atom. The zero-order valence-corrected chi connectivity index (χ0v) is 32.4. The average molecular weight is 751 g/mol. The summed E-state index contributed by atoms with van der Waals surface area (Å²) in [5.74, 6) is -5.44. The van der Waals surface area contributed by atoms with Crippen molar-refractivity contribution in [2.24, 2.45) is 0 Å². The van der Waals surface area contributed by atoms with Crippen molar-refractivity contribution in [1.29, 1.82) is 0 Å². The van der Waals surface area contributed by atoms with Gasteiger partial charge in [-0.05, 0) is 46.1 Å². The smallest absolute Gasteiger partial charge is 0.460 e. The molecule has 3 atom stereocenters. The molecule has 0 radical (unpaired) electrons. The van der Waals surface area contributed by atoms with Gasteiger partial charge < -0.3 is 14.2 Å². The maximum atomic E-state index is 16.2. The van der Waals surface area contributed by atoms with Crippen molar-refractivity contribution in [1.82, 2.24) is 9.55 Å². The summed E-state index contributed by atoms with van der Waals surface area (Å²) in [6.07, 6.45) is 6.54. The van der Waals surface area contributed by atoms with Gasteiger partial charge in [0.15, 0.2) is 6.10 Å². The Morgan fingerprint density at radius 3 is 1.96 bits per heavy atom. The second-order valence-electron chi connectivity index (χ2n) is 14.0. The van der Waals surface area contributed by atoms with E-state index in [1.807, 2.05) is 0 Å². The van der Waals surface area contributed by atoms with E-state index in [1.165, 1.54) is 6.07 Å². The molecule has 1 aliphatic rings. The third-order valence-electron chi connectivity index (χ3n) is 8.12. The highest BCUT2D eigenvalue weighted by Gasteiger charge is 2.63. The first-order chi connectivity index (χ1) is 24.2. The number of halogens is 2. The lowest BCUT2D eigenvalue weighted by atomic mass is 10.1. The Kier molecular flexibility index (Phi) is 20.0. The molecule has 12 nitrogen and oxygen atoms in total. The summed E-state index contributed by atoms with van der Waals surface area (Å²) in [5, 5.41) is 0. The van der Waals surface area contributed by atoms with E-state index >= 15 is 8.78 Å². The number of hydrogen-bond donors (Lipinski definition) is 0. The Bertz CT molecular complexity index is 1270. The number of esters is 2. The predicted molar refractivity (Wildman–Crippen MR) is 189 cm³/mol. The minimum atomic E-state index is -4.23. The molecule has 294 valence electrons. The van der Waals surface area contributed by atoms with Crippen molar-refractivity contribution < 1.29 is 50.7 Å². The van der Waals surface area contributed by atoms with Crippen LogP contribution in [0.4, 0.5) is 8.78 Å². The van der Waals surface area contributed by atoms with Crippen LogP contribution in [0.15, 0.2) is 17.1 Å². The van der Waals surface area contributed by atoms with Gasteiger partial charge in [0.2, 0.25) is 6.23 Å². The van der Waals surface area contributed by atoms with Crippen LogP contribution in [-0.4, -0.2) is 65.0 Å². The van der Waals surface area contributed by atoms with Gasteiger partial charge in [-0.1, -0.05) is 91.4 Å². The molecule has 0 amide bonds. The SMILES string of the molecule is CCCCCCCCC(=O)O[C@@H]1[C@@H](COP(=O)(OCCCCCC)OCCCCCC)O[C@@H](n2ccc(CC(=O)OC(C)(C)C)nc2=O)C1(F)F. The van der Waals surface area contributed by atoms with Crippen LogP contribution in [0.25, 0.3) is 0 Å². The number of carbonyl (C=O) groups excluding carboxylic acids is 2. The lowest BCUT2D eigenvalue weighted by Crippen LogP contribution is -2.44. The van der Waals surface area contributed by atoms with Gasteiger partial charge in [-0.25, -0.2) is 9.36 Å². The summed E-state index contributed by atoms with van der Waals surface area (Å²) < 4.78 is 79.6. The lowest BCUT2D eigenvalue weighted by Gasteiger charge is -2.25. The first-order valence-corrected chi connectivity index (χ1v) is 20.2. The number of phosphoric ester groups is 1. The van der Waals surface area contributed by atoms with E-state index in [1.54, 1.807) is 20.8 Å². The van der Waals surface area contributed by atoms with E-state index in [4.69, 9.17) is 27.8 Å². The molecule has 1 saturated heterocycles. The molecule has 1 aromatic rings. The third-order valence-corrected chi connectivity index (χ3v) is 9.58. The van der Waals surface area contributed by atoms with Crippen LogP contribution in [0.2, 0.25) is 0 Å². The van der Waals surface area contributed by atoms with Crippen molar-refractivity contribution in [3.8, 4) is 0 Å². The van der Waals surface area contributed by atoms with Crippen molar-refractivity contribution in [2.75, 3.05) is 19.8 Å². The fraction of sp³-hybridized carbons (Fsp3) is 0.833. The monoisotopic (exact) mass is 750 g/mol. The van der Waals surface area contributed by atoms with Crippen LogP contribution in [-0.2, 0) is 48.4 Å². The second kappa shape index (κ2) is 22.7. The van der Waals surface area contributed by atoms with Gasteiger partial charge in [-0.15, -0.1) is 0 Å². The minimum absolute atomic E-state index is 0.0155. The maximum absolute atomic E-state index is 16.2. The molecule has 0 bridgehead atoms. The van der Waals surface area contributed by atoms with Crippen molar-refractivity contribution in [2.45, 2.75) is 174 Å². The molecule has 0 spiro atoms. The summed E-state index contributed by atoms with van der Waals surface area (Å²) in [4.78, 5) is 42.0. The highest BCUT2D eigenvalue weighted by Crippen LogP contribution is 2.52. The summed E-state index contributed by atoms with van der Waals surface area (Å²) in [6.45, 7) is 10.7. The lowest BCUT2D eigenvalue weighted by molar-refractivity contribution is -0.176. The van der Waals surface area contributed by atoms with E-state index in [2.05, 4.69) is 25.8 Å². The second-order valence-corrected chi connectivity index (χ2v) is 15.7. The highest BCUT2D eigenvalue weighted by molar-refractivity contribution is 7.48. The highest BCUT2D eigenvalue weighted by atomic mass is 31.2. The molecule has 1 fully saturated rings. The minimum Gasteiger partial charge on any atom is -0.460 e. The molecule has 1 aromatic heterocycles. The molecule has 0 N–H and O–H groups in total. The van der Waals surface area contributed by atoms with E-state index in [0.717, 1.165) is 76.8 Å². The molecule has 1 aliphatic heterocycles. The number of carbonyl (C=O) groups is 2. The van der Waals surface area contributed by atoms with E-state index < -0.39 is 62.0 Å². The predicted octanol–water partition coefficient (Wildman–Crippen LogP) is 8.64. The number of phosphoric acid groups is 1. The molecule has 2 rings (SSSR count). The molecular weight excluding hydrogens is 689 g/mol. The zero-order chi connectivity index (χ0) is 37.9. The first-order valence-electron chi connectivity index (χ1n) is 18.7. The molecule has 15 heteroatoms. The largest absolute Gasteiger partial charge is 0.474 e. The number of aromatic nitrogens is 2. The van der Waals surface area contributed by atoms with Gasteiger partial charge in [0, 0.05) is 12.6 Å². The molecular formula is C36H61F2N2O10P. The summed E-state index contributed by atoms with van der Waals surface area (Å²) in [7, 11) is -4.23.